The summed E-state index contributed by atoms with van der Waals surface area (Å²) in [4.78, 5) is 84.4. The zero-order valence-electron chi connectivity index (χ0n) is 28.8. The molecule has 2 aliphatic heterocycles. The third kappa shape index (κ3) is 11.3. The molecule has 0 spiro atoms. The summed E-state index contributed by atoms with van der Waals surface area (Å²) in [5.41, 5.74) is -1.33. The number of nitrogens with one attached hydrogen (secondary N) is 4. The predicted molar refractivity (Wildman–Crippen MR) is 192 cm³/mol. The van der Waals surface area contributed by atoms with Gasteiger partial charge in [-0.1, -0.05) is 28.3 Å². The van der Waals surface area contributed by atoms with Gasteiger partial charge in [-0.05, 0) is 47.1 Å². The van der Waals surface area contributed by atoms with Gasteiger partial charge in [0.05, 0.1) is 13.1 Å². The molecule has 23 heteroatoms. The number of anilines is 1. The molecule has 1 unspecified atom stereocenters. The maximum Gasteiger partial charge on any atom is 0.408 e. The molecule has 2 aromatic rings. The van der Waals surface area contributed by atoms with Crippen LogP contribution in [0.25, 0.3) is 0 Å². The number of hydrogen-bond acceptors (Lipinski definition) is 17. The Bertz CT molecular complexity index is 1750. The van der Waals surface area contributed by atoms with Crippen LogP contribution in [0.15, 0.2) is 26.1 Å². The van der Waals surface area contributed by atoms with Crippen molar-refractivity contribution < 1.29 is 48.2 Å². The second-order valence-corrected chi connectivity index (χ2v) is 17.0. The fraction of sp³-hybridized carbons (Fsp3) is 0.517. The van der Waals surface area contributed by atoms with Crippen molar-refractivity contribution in [3.63, 3.8) is 0 Å². The van der Waals surface area contributed by atoms with E-state index < -0.39 is 52.6 Å². The lowest BCUT2D eigenvalue weighted by Gasteiger charge is -2.49. The number of carbonyl (C=O) groups is 6. The van der Waals surface area contributed by atoms with Crippen molar-refractivity contribution in [3.05, 3.63) is 27.4 Å². The number of aliphatic carboxylic acids is 1. The number of β-lactam (4-membered cyclic amide) rings is 1. The van der Waals surface area contributed by atoms with Gasteiger partial charge in [-0.15, -0.1) is 33.3 Å². The number of aromatic nitrogens is 3. The van der Waals surface area contributed by atoms with Crippen LogP contribution in [-0.4, -0.2) is 115 Å². The van der Waals surface area contributed by atoms with Gasteiger partial charge in [-0.2, -0.15) is 0 Å². The Morgan fingerprint density at radius 3 is 2.44 bits per heavy atom. The molecule has 2 atom stereocenters. The molecule has 0 saturated carbocycles. The zero-order valence-corrected chi connectivity index (χ0v) is 32.1. The number of amides is 5. The molecule has 4 rings (SSSR count). The molecular weight excluding hydrogens is 763 g/mol. The largest absolute Gasteiger partial charge is 0.477 e. The Morgan fingerprint density at radius 2 is 1.79 bits per heavy atom. The number of carbonyl (C=O) groups excluding carboxylic acids is 5. The van der Waals surface area contributed by atoms with Crippen molar-refractivity contribution >= 4 is 93.4 Å². The van der Waals surface area contributed by atoms with E-state index in [1.807, 2.05) is 0 Å². The van der Waals surface area contributed by atoms with Crippen LogP contribution in [-0.2, 0) is 40.0 Å². The van der Waals surface area contributed by atoms with Gasteiger partial charge >= 0.3 is 18.2 Å². The Labute approximate surface area is 314 Å². The molecule has 5 amide bonds. The van der Waals surface area contributed by atoms with Gasteiger partial charge in [0, 0.05) is 16.9 Å². The average molecular weight is 800 g/mol. The highest BCUT2D eigenvalue weighted by molar-refractivity contribution is 8.01. The quantitative estimate of drug-likeness (QED) is 0.0433. The predicted octanol–water partition coefficient (Wildman–Crippen LogP) is 2.36. The molecule has 0 radical (unpaired) electrons. The molecular formula is C29H37N9O10S4. The molecule has 52 heavy (non-hydrogen) atoms. The molecule has 4 heterocycles. The van der Waals surface area contributed by atoms with E-state index in [0.29, 0.717) is 21.3 Å². The Balaban J connectivity index is 1.38. The number of thioether (sulfide) groups is 2. The summed E-state index contributed by atoms with van der Waals surface area (Å²) in [7, 11) is 0. The molecule has 2 aromatic heterocycles. The molecule has 282 valence electrons. The summed E-state index contributed by atoms with van der Waals surface area (Å²) < 4.78 is 10.9. The molecule has 2 aliphatic rings. The SMILES string of the molecule is CC(C)(C)OC(=O)NCCON=C(C(=O)NC1C(=O)N2C(C(=O)O)=C(CSc3nnc(CNC(=O)OC(C)(C)C)s3)CS[C@H]12)c1csc(NC=O)n1. The van der Waals surface area contributed by atoms with Crippen LogP contribution in [0.5, 0.6) is 0 Å². The van der Waals surface area contributed by atoms with Crippen LogP contribution in [0.2, 0.25) is 0 Å². The second-order valence-electron chi connectivity index (χ2n) is 12.7. The zero-order chi connectivity index (χ0) is 38.2. The van der Waals surface area contributed by atoms with Gasteiger partial charge in [0.2, 0.25) is 6.41 Å². The van der Waals surface area contributed by atoms with Crippen molar-refractivity contribution in [1.82, 2.24) is 36.0 Å². The minimum absolute atomic E-state index is 0.00639. The van der Waals surface area contributed by atoms with Crippen LogP contribution >= 0.6 is 46.2 Å². The fourth-order valence-corrected chi connectivity index (χ4v) is 8.28. The molecule has 0 aliphatic carbocycles. The summed E-state index contributed by atoms with van der Waals surface area (Å²) in [6, 6.07) is -1.09. The normalized spacial score (nSPS) is 17.4. The van der Waals surface area contributed by atoms with Gasteiger partial charge in [0.25, 0.3) is 11.8 Å². The monoisotopic (exact) mass is 799 g/mol. The van der Waals surface area contributed by atoms with Crippen LogP contribution in [0.3, 0.4) is 0 Å². The summed E-state index contributed by atoms with van der Waals surface area (Å²) in [5, 5.41) is 33.6. The number of oxime groups is 1. The number of rotatable bonds is 15. The number of thiazole rings is 1. The van der Waals surface area contributed by atoms with Gasteiger partial charge in [-0.3, -0.25) is 19.3 Å². The standard InChI is InChI=1S/C29H37N9O10S4/c1-28(2,3)47-25(44)30-7-8-46-37-17(15-12-50-24(33-15)32-13-39)20(40)34-18-21(41)38-19(23(42)43)14(10-49-22(18)38)11-51-27-36-35-16(52-27)9-31-26(45)48-29(4,5)6/h12-13,18,22H,7-11H2,1-6H3,(H,30,44)(H,31,45)(H,34,40)(H,42,43)(H,32,33,39)/t18?,22-/m1/s1. The number of carboxylic acids is 1. The van der Waals surface area contributed by atoms with Crippen LogP contribution in [0.1, 0.15) is 52.2 Å². The second kappa shape index (κ2) is 17.4. The van der Waals surface area contributed by atoms with Crippen molar-refractivity contribution in [3.8, 4) is 0 Å². The van der Waals surface area contributed by atoms with Gasteiger partial charge in [-0.25, -0.2) is 19.4 Å². The molecule has 5 N–H and O–H groups in total. The minimum atomic E-state index is -1.30. The fourth-order valence-electron chi connectivity index (χ4n) is 4.31. The van der Waals surface area contributed by atoms with E-state index in [-0.39, 0.29) is 53.4 Å². The molecule has 1 saturated heterocycles. The highest BCUT2D eigenvalue weighted by Gasteiger charge is 2.54. The van der Waals surface area contributed by atoms with Crippen LogP contribution in [0, 0.1) is 0 Å². The van der Waals surface area contributed by atoms with Crippen molar-refractivity contribution in [1.29, 1.82) is 0 Å². The van der Waals surface area contributed by atoms with E-state index in [4.69, 9.17) is 14.3 Å². The van der Waals surface area contributed by atoms with E-state index in [1.54, 1.807) is 41.5 Å². The van der Waals surface area contributed by atoms with E-state index >= 15 is 0 Å². The Hall–Kier alpha value is -4.48. The maximum absolute atomic E-state index is 13.5. The van der Waals surface area contributed by atoms with Crippen LogP contribution in [0.4, 0.5) is 14.7 Å². The third-order valence-corrected chi connectivity index (χ3v) is 10.6. The van der Waals surface area contributed by atoms with Crippen molar-refractivity contribution in [2.45, 2.75) is 75.0 Å². The Morgan fingerprint density at radius 1 is 1.10 bits per heavy atom. The average Bonchev–Trinajstić information content (AvgIpc) is 3.70. The third-order valence-electron chi connectivity index (χ3n) is 6.30. The van der Waals surface area contributed by atoms with E-state index in [2.05, 4.69) is 41.6 Å². The summed E-state index contributed by atoms with van der Waals surface area (Å²) >= 11 is 4.76. The van der Waals surface area contributed by atoms with E-state index in [0.717, 1.165) is 16.2 Å². The molecule has 0 bridgehead atoms. The first-order valence-electron chi connectivity index (χ1n) is 15.4. The first kappa shape index (κ1) is 40.3. The first-order valence-corrected chi connectivity index (χ1v) is 19.1. The molecule has 0 aromatic carbocycles. The number of carboxylic acid groups (broad SMARTS) is 1. The van der Waals surface area contributed by atoms with Gasteiger partial charge in [0.15, 0.2) is 15.2 Å². The topological polar surface area (TPSA) is 253 Å². The Kier molecular flexibility index (Phi) is 13.5. The minimum Gasteiger partial charge on any atom is -0.477 e. The lowest BCUT2D eigenvalue weighted by Crippen LogP contribution is -2.71. The van der Waals surface area contributed by atoms with Crippen molar-refractivity contribution in [2.24, 2.45) is 5.16 Å². The number of alkyl carbamates (subject to hydrolysis) is 2. The number of fused-ring (bicyclic) bond motifs is 1. The molecule has 1 fully saturated rings. The highest BCUT2D eigenvalue weighted by atomic mass is 32.2. The lowest BCUT2D eigenvalue weighted by atomic mass is 10.0. The first-order chi connectivity index (χ1) is 24.5. The van der Waals surface area contributed by atoms with Gasteiger partial charge < -0.3 is 40.7 Å². The number of ether oxygens (including phenoxy) is 2. The number of nitrogens with zero attached hydrogens (tertiary/aromatic N) is 5. The highest BCUT2D eigenvalue weighted by Crippen LogP contribution is 2.42. The summed E-state index contributed by atoms with van der Waals surface area (Å²) in [6.07, 6.45) is -0.852. The van der Waals surface area contributed by atoms with Crippen molar-refractivity contribution in [2.75, 3.05) is 30.0 Å². The molecule has 19 nitrogen and oxygen atoms in total. The van der Waals surface area contributed by atoms with Gasteiger partial charge in [0.1, 0.15) is 45.6 Å². The van der Waals surface area contributed by atoms with E-state index in [9.17, 15) is 33.9 Å². The lowest BCUT2D eigenvalue weighted by molar-refractivity contribution is -0.150. The maximum atomic E-state index is 13.5. The summed E-state index contributed by atoms with van der Waals surface area (Å²) in [5.74, 6) is -2.32. The van der Waals surface area contributed by atoms with Crippen LogP contribution < -0.4 is 21.3 Å². The number of hydrogen-bond donors (Lipinski definition) is 5. The smallest absolute Gasteiger partial charge is 0.408 e. The van der Waals surface area contributed by atoms with E-state index in [1.165, 1.54) is 40.2 Å². The summed E-state index contributed by atoms with van der Waals surface area (Å²) in [6.45, 7) is 10.3.